The fraction of sp³-hybridized carbons (Fsp3) is 0.167. The molecule has 0 atom stereocenters. The molecule has 0 unspecified atom stereocenters. The predicted octanol–water partition coefficient (Wildman–Crippen LogP) is 5.22. The van der Waals surface area contributed by atoms with Crippen molar-refractivity contribution in [2.24, 2.45) is 5.16 Å². The first-order valence-electron chi connectivity index (χ1n) is 10.1. The van der Waals surface area contributed by atoms with E-state index in [0.29, 0.717) is 18.4 Å². The summed E-state index contributed by atoms with van der Waals surface area (Å²) in [4.78, 5) is 19.0. The van der Waals surface area contributed by atoms with Crippen LogP contribution in [0.15, 0.2) is 84.3 Å². The number of benzene rings is 2. The van der Waals surface area contributed by atoms with E-state index in [-0.39, 0.29) is 6.04 Å². The van der Waals surface area contributed by atoms with Crippen LogP contribution in [0.4, 0.5) is 11.6 Å². The Hall–Kier alpha value is -4.00. The molecule has 0 saturated carbocycles. The van der Waals surface area contributed by atoms with E-state index >= 15 is 0 Å². The van der Waals surface area contributed by atoms with Gasteiger partial charge in [-0.25, -0.2) is 15.0 Å². The van der Waals surface area contributed by atoms with Crippen LogP contribution in [-0.2, 0) is 11.4 Å². The molecule has 0 fully saturated rings. The number of aromatic nitrogens is 4. The average molecular weight is 412 g/mol. The largest absolute Gasteiger partial charge is 0.391 e. The van der Waals surface area contributed by atoms with Gasteiger partial charge in [0.25, 0.3) is 0 Å². The minimum absolute atomic E-state index is 0.161. The van der Waals surface area contributed by atoms with E-state index in [1.54, 1.807) is 18.6 Å². The van der Waals surface area contributed by atoms with Gasteiger partial charge in [0.2, 0.25) is 5.95 Å². The Morgan fingerprint density at radius 2 is 1.74 bits per heavy atom. The number of nitrogens with one attached hydrogen (secondary N) is 1. The summed E-state index contributed by atoms with van der Waals surface area (Å²) < 4.78 is 2.07. The first-order valence-corrected chi connectivity index (χ1v) is 10.1. The standard InChI is InChI=1S/C24H24N6O/c1-18(2)30-22(15-26-23(30)16-27-31-17-19-9-5-3-6-10-19)21-13-14-25-24(29-21)28-20-11-7-4-8-12-20/h3-16,18H,17H2,1-2H3,(H,25,28,29). The molecule has 156 valence electrons. The predicted molar refractivity (Wildman–Crippen MR) is 122 cm³/mol. The molecule has 2 heterocycles. The van der Waals surface area contributed by atoms with Crippen molar-refractivity contribution in [3.05, 3.63) is 90.5 Å². The number of rotatable bonds is 8. The van der Waals surface area contributed by atoms with Crippen LogP contribution < -0.4 is 5.32 Å². The minimum Gasteiger partial charge on any atom is -0.391 e. The third kappa shape index (κ3) is 5.14. The third-order valence-electron chi connectivity index (χ3n) is 4.61. The van der Waals surface area contributed by atoms with Gasteiger partial charge in [-0.05, 0) is 37.6 Å². The summed E-state index contributed by atoms with van der Waals surface area (Å²) in [6.07, 6.45) is 5.17. The zero-order chi connectivity index (χ0) is 21.5. The van der Waals surface area contributed by atoms with Gasteiger partial charge in [-0.3, -0.25) is 0 Å². The van der Waals surface area contributed by atoms with E-state index in [1.807, 2.05) is 66.7 Å². The van der Waals surface area contributed by atoms with Crippen molar-refractivity contribution >= 4 is 17.9 Å². The van der Waals surface area contributed by atoms with E-state index in [9.17, 15) is 0 Å². The maximum absolute atomic E-state index is 5.44. The van der Waals surface area contributed by atoms with Gasteiger partial charge < -0.3 is 14.7 Å². The summed E-state index contributed by atoms with van der Waals surface area (Å²) in [5, 5.41) is 7.34. The lowest BCUT2D eigenvalue weighted by molar-refractivity contribution is 0.132. The van der Waals surface area contributed by atoms with Crippen molar-refractivity contribution in [1.29, 1.82) is 0 Å². The molecule has 2 aromatic heterocycles. The lowest BCUT2D eigenvalue weighted by Crippen LogP contribution is -2.09. The van der Waals surface area contributed by atoms with Crippen LogP contribution in [0.25, 0.3) is 11.4 Å². The van der Waals surface area contributed by atoms with Gasteiger partial charge >= 0.3 is 0 Å². The summed E-state index contributed by atoms with van der Waals surface area (Å²) in [6.45, 7) is 4.60. The molecule has 31 heavy (non-hydrogen) atoms. The van der Waals surface area contributed by atoms with Gasteiger partial charge in [-0.1, -0.05) is 53.7 Å². The molecule has 0 aliphatic carbocycles. The maximum atomic E-state index is 5.44. The first kappa shape index (κ1) is 20.3. The number of anilines is 2. The molecular formula is C24H24N6O. The number of nitrogens with zero attached hydrogens (tertiary/aromatic N) is 5. The van der Waals surface area contributed by atoms with Crippen LogP contribution in [-0.4, -0.2) is 25.7 Å². The summed E-state index contributed by atoms with van der Waals surface area (Å²) >= 11 is 0. The molecule has 2 aromatic carbocycles. The zero-order valence-electron chi connectivity index (χ0n) is 17.5. The Kier molecular flexibility index (Phi) is 6.32. The van der Waals surface area contributed by atoms with Crippen molar-refractivity contribution in [3.63, 3.8) is 0 Å². The molecule has 1 N–H and O–H groups in total. The molecule has 7 nitrogen and oxygen atoms in total. The zero-order valence-corrected chi connectivity index (χ0v) is 17.5. The summed E-state index contributed by atoms with van der Waals surface area (Å²) in [7, 11) is 0. The second kappa shape index (κ2) is 9.67. The van der Waals surface area contributed by atoms with Crippen LogP contribution in [0.1, 0.15) is 31.3 Å². The van der Waals surface area contributed by atoms with E-state index in [2.05, 4.69) is 43.8 Å². The van der Waals surface area contributed by atoms with Crippen molar-refractivity contribution in [3.8, 4) is 11.4 Å². The fourth-order valence-electron chi connectivity index (χ4n) is 3.19. The van der Waals surface area contributed by atoms with E-state index < -0.39 is 0 Å². The second-order valence-corrected chi connectivity index (χ2v) is 7.22. The molecule has 4 aromatic rings. The number of hydrogen-bond acceptors (Lipinski definition) is 6. The normalized spacial score (nSPS) is 11.2. The van der Waals surface area contributed by atoms with Crippen LogP contribution in [0.3, 0.4) is 0 Å². The lowest BCUT2D eigenvalue weighted by atomic mass is 10.2. The smallest absolute Gasteiger partial charge is 0.227 e. The molecule has 0 aliphatic heterocycles. The fourth-order valence-corrected chi connectivity index (χ4v) is 3.19. The van der Waals surface area contributed by atoms with Crippen molar-refractivity contribution in [2.45, 2.75) is 26.5 Å². The molecule has 0 amide bonds. The molecule has 7 heteroatoms. The Balaban J connectivity index is 1.53. The Morgan fingerprint density at radius 1 is 1.00 bits per heavy atom. The monoisotopic (exact) mass is 412 g/mol. The summed E-state index contributed by atoms with van der Waals surface area (Å²) in [6, 6.07) is 21.8. The van der Waals surface area contributed by atoms with Crippen LogP contribution in [0.2, 0.25) is 0 Å². The van der Waals surface area contributed by atoms with Crippen molar-refractivity contribution < 1.29 is 4.84 Å². The quantitative estimate of drug-likeness (QED) is 0.317. The van der Waals surface area contributed by atoms with E-state index in [0.717, 1.165) is 22.6 Å². The molecular weight excluding hydrogens is 388 g/mol. The van der Waals surface area contributed by atoms with Gasteiger partial charge in [-0.2, -0.15) is 0 Å². The highest BCUT2D eigenvalue weighted by atomic mass is 16.6. The second-order valence-electron chi connectivity index (χ2n) is 7.22. The minimum atomic E-state index is 0.161. The van der Waals surface area contributed by atoms with Gasteiger partial charge in [0.1, 0.15) is 12.8 Å². The molecule has 0 spiro atoms. The van der Waals surface area contributed by atoms with E-state index in [1.165, 1.54) is 0 Å². The highest BCUT2D eigenvalue weighted by Gasteiger charge is 2.15. The van der Waals surface area contributed by atoms with Crippen molar-refractivity contribution in [2.75, 3.05) is 5.32 Å². The topological polar surface area (TPSA) is 77.2 Å². The highest BCUT2D eigenvalue weighted by molar-refractivity contribution is 5.76. The number of imidazole rings is 1. The molecule has 4 rings (SSSR count). The Labute approximate surface area is 181 Å². The Morgan fingerprint density at radius 3 is 2.48 bits per heavy atom. The number of hydrogen-bond donors (Lipinski definition) is 1. The highest BCUT2D eigenvalue weighted by Crippen LogP contribution is 2.24. The van der Waals surface area contributed by atoms with Gasteiger partial charge in [0.15, 0.2) is 5.82 Å². The van der Waals surface area contributed by atoms with Crippen LogP contribution in [0.5, 0.6) is 0 Å². The van der Waals surface area contributed by atoms with Gasteiger partial charge in [0, 0.05) is 17.9 Å². The molecule has 0 bridgehead atoms. The molecule has 0 saturated heterocycles. The summed E-state index contributed by atoms with van der Waals surface area (Å²) in [5.41, 5.74) is 3.66. The lowest BCUT2D eigenvalue weighted by Gasteiger charge is -2.14. The number of oxime groups is 1. The Bertz CT molecular complexity index is 1140. The van der Waals surface area contributed by atoms with Gasteiger partial charge in [-0.15, -0.1) is 0 Å². The summed E-state index contributed by atoms with van der Waals surface area (Å²) in [5.74, 6) is 1.23. The van der Waals surface area contributed by atoms with Crippen LogP contribution in [0, 0.1) is 0 Å². The molecule has 0 radical (unpaired) electrons. The maximum Gasteiger partial charge on any atom is 0.227 e. The van der Waals surface area contributed by atoms with Crippen LogP contribution >= 0.6 is 0 Å². The average Bonchev–Trinajstić information content (AvgIpc) is 3.23. The van der Waals surface area contributed by atoms with Gasteiger partial charge in [0.05, 0.1) is 17.6 Å². The molecule has 0 aliphatic rings. The number of para-hydroxylation sites is 1. The van der Waals surface area contributed by atoms with Crippen molar-refractivity contribution in [1.82, 2.24) is 19.5 Å². The SMILES string of the molecule is CC(C)n1c(-c2ccnc(Nc3ccccc3)n2)cnc1C=NOCc1ccccc1. The third-order valence-corrected chi connectivity index (χ3v) is 4.61. The first-order chi connectivity index (χ1) is 15.2. The van der Waals surface area contributed by atoms with E-state index in [4.69, 9.17) is 4.84 Å².